The summed E-state index contributed by atoms with van der Waals surface area (Å²) in [4.78, 5) is 2.46. The molecule has 0 fully saturated rings. The van der Waals surface area contributed by atoms with Crippen LogP contribution in [-0.2, 0) is 6.54 Å². The molecule has 0 atom stereocenters. The number of rotatable bonds is 6. The van der Waals surface area contributed by atoms with Gasteiger partial charge >= 0.3 is 0 Å². The third-order valence-electron chi connectivity index (χ3n) is 3.12. The van der Waals surface area contributed by atoms with E-state index in [-0.39, 0.29) is 0 Å². The van der Waals surface area contributed by atoms with E-state index in [9.17, 15) is 0 Å². The summed E-state index contributed by atoms with van der Waals surface area (Å²) >= 11 is 0. The predicted octanol–water partition coefficient (Wildman–Crippen LogP) is 4.49. The minimum atomic E-state index is 0.991. The molecule has 0 saturated carbocycles. The van der Waals surface area contributed by atoms with E-state index in [1.54, 1.807) is 0 Å². The molecule has 0 N–H and O–H groups in total. The topological polar surface area (TPSA) is 3.24 Å². The minimum Gasteiger partial charge on any atom is -0.367 e. The summed E-state index contributed by atoms with van der Waals surface area (Å²) in [5.74, 6) is 0. The lowest BCUT2D eigenvalue weighted by atomic mass is 10.2. The first-order valence-corrected chi connectivity index (χ1v) is 6.74. The maximum absolute atomic E-state index is 2.46. The highest BCUT2D eigenvalue weighted by molar-refractivity contribution is 5.46. The van der Waals surface area contributed by atoms with Gasteiger partial charge in [0.05, 0.1) is 0 Å². The Bertz CT molecular complexity index is 436. The van der Waals surface area contributed by atoms with Crippen molar-refractivity contribution >= 4 is 5.69 Å². The smallest absolute Gasteiger partial charge is 0.0429 e. The zero-order valence-electron chi connectivity index (χ0n) is 11.0. The van der Waals surface area contributed by atoms with Crippen LogP contribution >= 0.6 is 0 Å². The van der Waals surface area contributed by atoms with Gasteiger partial charge in [0, 0.05) is 18.8 Å². The molecule has 2 aromatic carbocycles. The number of nitrogens with zero attached hydrogens (tertiary/aromatic N) is 1. The highest BCUT2D eigenvalue weighted by Crippen LogP contribution is 2.17. The highest BCUT2D eigenvalue weighted by atomic mass is 15.1. The van der Waals surface area contributed by atoms with Crippen LogP contribution in [0.1, 0.15) is 25.3 Å². The number of benzene rings is 2. The molecule has 0 amide bonds. The second kappa shape index (κ2) is 6.85. The van der Waals surface area contributed by atoms with Crippen LogP contribution in [0.15, 0.2) is 60.7 Å². The van der Waals surface area contributed by atoms with Gasteiger partial charge in [-0.25, -0.2) is 0 Å². The minimum absolute atomic E-state index is 0.991. The molecule has 94 valence electrons. The van der Waals surface area contributed by atoms with Gasteiger partial charge in [0.15, 0.2) is 0 Å². The number of hydrogen-bond donors (Lipinski definition) is 0. The van der Waals surface area contributed by atoms with Crippen molar-refractivity contribution in [1.29, 1.82) is 0 Å². The van der Waals surface area contributed by atoms with Crippen LogP contribution < -0.4 is 4.90 Å². The highest BCUT2D eigenvalue weighted by Gasteiger charge is 2.05. The summed E-state index contributed by atoms with van der Waals surface area (Å²) in [6.07, 6.45) is 2.47. The molecular weight excluding hydrogens is 218 g/mol. The Morgan fingerprint density at radius 1 is 0.833 bits per heavy atom. The molecule has 1 heteroatoms. The van der Waals surface area contributed by atoms with Crippen LogP contribution in [-0.4, -0.2) is 6.54 Å². The van der Waals surface area contributed by atoms with E-state index < -0.39 is 0 Å². The number of hydrogen-bond acceptors (Lipinski definition) is 1. The van der Waals surface area contributed by atoms with Crippen molar-refractivity contribution < 1.29 is 0 Å². The second-order valence-electron chi connectivity index (χ2n) is 4.60. The van der Waals surface area contributed by atoms with Crippen molar-refractivity contribution in [2.24, 2.45) is 0 Å². The Morgan fingerprint density at radius 3 is 2.06 bits per heavy atom. The lowest BCUT2D eigenvalue weighted by molar-refractivity contribution is 0.716. The van der Waals surface area contributed by atoms with Crippen molar-refractivity contribution in [2.45, 2.75) is 26.3 Å². The third-order valence-corrected chi connectivity index (χ3v) is 3.12. The van der Waals surface area contributed by atoms with Crippen LogP contribution in [0.4, 0.5) is 5.69 Å². The zero-order valence-corrected chi connectivity index (χ0v) is 11.0. The molecule has 0 heterocycles. The van der Waals surface area contributed by atoms with Crippen molar-refractivity contribution in [1.82, 2.24) is 0 Å². The molecule has 0 spiro atoms. The normalized spacial score (nSPS) is 10.3. The Morgan fingerprint density at radius 2 is 1.44 bits per heavy atom. The first-order chi connectivity index (χ1) is 8.90. The van der Waals surface area contributed by atoms with E-state index in [0.29, 0.717) is 0 Å². The van der Waals surface area contributed by atoms with E-state index in [4.69, 9.17) is 0 Å². The van der Waals surface area contributed by atoms with Crippen LogP contribution in [0.25, 0.3) is 0 Å². The molecule has 0 aliphatic rings. The molecule has 2 aromatic rings. The van der Waals surface area contributed by atoms with Gasteiger partial charge in [-0.05, 0) is 24.1 Å². The molecule has 0 saturated heterocycles. The molecule has 18 heavy (non-hydrogen) atoms. The summed E-state index contributed by atoms with van der Waals surface area (Å²) < 4.78 is 0. The van der Waals surface area contributed by atoms with E-state index in [1.807, 2.05) is 0 Å². The fourth-order valence-corrected chi connectivity index (χ4v) is 2.09. The quantitative estimate of drug-likeness (QED) is 0.717. The number of anilines is 1. The summed E-state index contributed by atoms with van der Waals surface area (Å²) in [5.41, 5.74) is 2.69. The Kier molecular flexibility index (Phi) is 4.83. The van der Waals surface area contributed by atoms with Crippen molar-refractivity contribution in [3.8, 4) is 0 Å². The zero-order chi connectivity index (χ0) is 12.6. The van der Waals surface area contributed by atoms with Crippen LogP contribution in [0, 0.1) is 0 Å². The van der Waals surface area contributed by atoms with Gasteiger partial charge in [-0.1, -0.05) is 61.9 Å². The maximum atomic E-state index is 2.46. The van der Waals surface area contributed by atoms with E-state index in [2.05, 4.69) is 72.5 Å². The van der Waals surface area contributed by atoms with Crippen LogP contribution in [0.2, 0.25) is 0 Å². The lowest BCUT2D eigenvalue weighted by Gasteiger charge is -2.25. The summed E-state index contributed by atoms with van der Waals surface area (Å²) in [6.45, 7) is 4.35. The third kappa shape index (κ3) is 3.63. The molecule has 0 aliphatic heterocycles. The molecule has 0 aliphatic carbocycles. The number of unbranched alkanes of at least 4 members (excludes halogenated alkanes) is 1. The summed E-state index contributed by atoms with van der Waals surface area (Å²) in [6, 6.07) is 21.4. The van der Waals surface area contributed by atoms with Gasteiger partial charge in [0.2, 0.25) is 0 Å². The van der Waals surface area contributed by atoms with E-state index >= 15 is 0 Å². The average Bonchev–Trinajstić information content (AvgIpc) is 2.45. The van der Waals surface area contributed by atoms with Gasteiger partial charge in [-0.3, -0.25) is 0 Å². The van der Waals surface area contributed by atoms with Crippen molar-refractivity contribution in [2.75, 3.05) is 11.4 Å². The molecule has 1 nitrogen and oxygen atoms in total. The largest absolute Gasteiger partial charge is 0.367 e. The molecule has 0 unspecified atom stereocenters. The van der Waals surface area contributed by atoms with Crippen molar-refractivity contribution in [3.05, 3.63) is 66.2 Å². The second-order valence-corrected chi connectivity index (χ2v) is 4.60. The molecule has 2 rings (SSSR count). The summed E-state index contributed by atoms with van der Waals surface area (Å²) in [5, 5.41) is 0. The van der Waals surface area contributed by atoms with Gasteiger partial charge in [0.25, 0.3) is 0 Å². The average molecular weight is 239 g/mol. The van der Waals surface area contributed by atoms with Gasteiger partial charge in [-0.2, -0.15) is 0 Å². The predicted molar refractivity (Wildman–Crippen MR) is 78.8 cm³/mol. The lowest BCUT2D eigenvalue weighted by Crippen LogP contribution is -2.23. The summed E-state index contributed by atoms with van der Waals surface area (Å²) in [7, 11) is 0. The molecule has 0 aromatic heterocycles. The first kappa shape index (κ1) is 12.7. The van der Waals surface area contributed by atoms with Gasteiger partial charge in [-0.15, -0.1) is 0 Å². The Hall–Kier alpha value is -1.76. The van der Waals surface area contributed by atoms with Crippen LogP contribution in [0.3, 0.4) is 0 Å². The first-order valence-electron chi connectivity index (χ1n) is 6.74. The fourth-order valence-electron chi connectivity index (χ4n) is 2.09. The SMILES string of the molecule is CCCCN(Cc1ccccc1)c1ccccc1. The van der Waals surface area contributed by atoms with Crippen molar-refractivity contribution in [3.63, 3.8) is 0 Å². The van der Waals surface area contributed by atoms with E-state index in [0.717, 1.165) is 13.1 Å². The Balaban J connectivity index is 2.10. The molecular formula is C17H21N. The standard InChI is InChI=1S/C17H21N/c1-2-3-14-18(17-12-8-5-9-13-17)15-16-10-6-4-7-11-16/h4-13H,2-3,14-15H2,1H3. The Labute approximate surface area is 110 Å². The fraction of sp³-hybridized carbons (Fsp3) is 0.294. The molecule has 0 radical (unpaired) electrons. The van der Waals surface area contributed by atoms with Gasteiger partial charge < -0.3 is 4.90 Å². The maximum Gasteiger partial charge on any atom is 0.0429 e. The molecule has 0 bridgehead atoms. The monoisotopic (exact) mass is 239 g/mol. The van der Waals surface area contributed by atoms with Gasteiger partial charge in [0.1, 0.15) is 0 Å². The van der Waals surface area contributed by atoms with Crippen LogP contribution in [0.5, 0.6) is 0 Å². The van der Waals surface area contributed by atoms with E-state index in [1.165, 1.54) is 24.1 Å². The number of para-hydroxylation sites is 1.